The van der Waals surface area contributed by atoms with Crippen LogP contribution in [0.1, 0.15) is 34.6 Å². The summed E-state index contributed by atoms with van der Waals surface area (Å²) >= 11 is 0. The first-order valence-corrected chi connectivity index (χ1v) is 7.83. The number of benzene rings is 2. The fraction of sp³-hybridized carbons (Fsp3) is 0.263. The van der Waals surface area contributed by atoms with E-state index < -0.39 is 5.97 Å². The maximum Gasteiger partial charge on any atom is 0.338 e. The number of ether oxygens (including phenoxy) is 3. The first-order valence-electron chi connectivity index (χ1n) is 7.83. The number of nitrogens with one attached hydrogen (secondary N) is 1. The van der Waals surface area contributed by atoms with Crippen LogP contribution in [0.25, 0.3) is 0 Å². The highest BCUT2D eigenvalue weighted by molar-refractivity contribution is 5.94. The lowest BCUT2D eigenvalue weighted by molar-refractivity contribution is 0.0599. The fourth-order valence-electron chi connectivity index (χ4n) is 2.16. The second-order valence-electron chi connectivity index (χ2n) is 5.56. The van der Waals surface area contributed by atoms with Crippen LogP contribution in [-0.4, -0.2) is 32.1 Å². The summed E-state index contributed by atoms with van der Waals surface area (Å²) in [6, 6.07) is 11.5. The molecule has 0 heterocycles. The normalized spacial score (nSPS) is 10.3. The zero-order valence-electron chi connectivity index (χ0n) is 14.7. The van der Waals surface area contributed by atoms with Gasteiger partial charge in [-0.15, -0.1) is 0 Å². The standard InChI is InChI=1S/C19H21NO5/c1-12(2)24-16-9-14(19(22)23-4)10-17(11-16)25-15-7-5-13(6-8-15)18(21)20-3/h5-12H,1-4H3,(H,20,21). The van der Waals surface area contributed by atoms with E-state index in [0.29, 0.717) is 28.4 Å². The molecule has 0 aromatic heterocycles. The van der Waals surface area contributed by atoms with E-state index in [0.717, 1.165) is 0 Å². The number of amides is 1. The molecule has 0 aliphatic carbocycles. The molecule has 0 spiro atoms. The van der Waals surface area contributed by atoms with Gasteiger partial charge in [-0.05, 0) is 50.2 Å². The van der Waals surface area contributed by atoms with Gasteiger partial charge in [-0.25, -0.2) is 4.79 Å². The van der Waals surface area contributed by atoms with Gasteiger partial charge in [0, 0.05) is 18.7 Å². The summed E-state index contributed by atoms with van der Waals surface area (Å²) < 4.78 is 16.2. The first-order chi connectivity index (χ1) is 11.9. The smallest absolute Gasteiger partial charge is 0.338 e. The lowest BCUT2D eigenvalue weighted by Gasteiger charge is -2.13. The van der Waals surface area contributed by atoms with Gasteiger partial charge in [0.1, 0.15) is 17.2 Å². The van der Waals surface area contributed by atoms with Gasteiger partial charge in [-0.2, -0.15) is 0 Å². The topological polar surface area (TPSA) is 73.9 Å². The molecule has 2 rings (SSSR count). The quantitative estimate of drug-likeness (QED) is 0.814. The molecule has 0 aliphatic heterocycles. The molecule has 6 nitrogen and oxygen atoms in total. The summed E-state index contributed by atoms with van der Waals surface area (Å²) in [6.07, 6.45) is -0.0485. The van der Waals surface area contributed by atoms with Crippen molar-refractivity contribution in [1.82, 2.24) is 5.32 Å². The second-order valence-corrected chi connectivity index (χ2v) is 5.56. The molecule has 132 valence electrons. The van der Waals surface area contributed by atoms with Gasteiger partial charge >= 0.3 is 5.97 Å². The van der Waals surface area contributed by atoms with Gasteiger partial charge in [-0.3, -0.25) is 4.79 Å². The average molecular weight is 343 g/mol. The third-order valence-electron chi connectivity index (χ3n) is 3.25. The molecule has 0 radical (unpaired) electrons. The maximum atomic E-state index is 11.8. The zero-order valence-corrected chi connectivity index (χ0v) is 14.7. The van der Waals surface area contributed by atoms with Gasteiger partial charge in [-0.1, -0.05) is 0 Å². The van der Waals surface area contributed by atoms with Crippen LogP contribution in [0.4, 0.5) is 0 Å². The van der Waals surface area contributed by atoms with Crippen molar-refractivity contribution in [3.8, 4) is 17.2 Å². The van der Waals surface area contributed by atoms with Crippen molar-refractivity contribution in [3.05, 3.63) is 53.6 Å². The molecule has 0 unspecified atom stereocenters. The Bertz CT molecular complexity index is 753. The van der Waals surface area contributed by atoms with Gasteiger partial charge in [0.05, 0.1) is 18.8 Å². The number of carbonyl (C=O) groups excluding carboxylic acids is 2. The molecule has 0 saturated heterocycles. The van der Waals surface area contributed by atoms with Gasteiger partial charge in [0.2, 0.25) is 0 Å². The number of carbonyl (C=O) groups is 2. The lowest BCUT2D eigenvalue weighted by atomic mass is 10.2. The third-order valence-corrected chi connectivity index (χ3v) is 3.25. The molecular weight excluding hydrogens is 322 g/mol. The molecule has 0 atom stereocenters. The van der Waals surface area contributed by atoms with Crippen molar-refractivity contribution < 1.29 is 23.8 Å². The second kappa shape index (κ2) is 8.19. The molecule has 2 aromatic rings. The molecule has 1 N–H and O–H groups in total. The predicted octanol–water partition coefficient (Wildman–Crippen LogP) is 3.41. The van der Waals surface area contributed by atoms with E-state index in [1.807, 2.05) is 13.8 Å². The Morgan fingerprint density at radius 1 is 0.920 bits per heavy atom. The molecule has 0 bridgehead atoms. The Hall–Kier alpha value is -3.02. The van der Waals surface area contributed by atoms with Crippen LogP contribution in [0.15, 0.2) is 42.5 Å². The minimum atomic E-state index is -0.478. The van der Waals surface area contributed by atoms with Gasteiger partial charge in [0.25, 0.3) is 5.91 Å². The summed E-state index contributed by atoms with van der Waals surface area (Å²) in [7, 11) is 2.89. The fourth-order valence-corrected chi connectivity index (χ4v) is 2.16. The maximum absolute atomic E-state index is 11.8. The van der Waals surface area contributed by atoms with Crippen LogP contribution in [0.3, 0.4) is 0 Å². The highest BCUT2D eigenvalue weighted by atomic mass is 16.5. The van der Waals surface area contributed by atoms with Gasteiger partial charge < -0.3 is 19.5 Å². The molecule has 0 fully saturated rings. The van der Waals surface area contributed by atoms with Crippen molar-refractivity contribution >= 4 is 11.9 Å². The lowest BCUT2D eigenvalue weighted by Crippen LogP contribution is -2.17. The minimum Gasteiger partial charge on any atom is -0.491 e. The van der Waals surface area contributed by atoms with Crippen molar-refractivity contribution in [2.75, 3.05) is 14.2 Å². The molecular formula is C19H21NO5. The van der Waals surface area contributed by atoms with Crippen LogP contribution in [0.5, 0.6) is 17.2 Å². The Balaban J connectivity index is 2.27. The molecule has 0 saturated carbocycles. The summed E-state index contributed by atoms with van der Waals surface area (Å²) in [5, 5.41) is 2.55. The number of hydrogen-bond acceptors (Lipinski definition) is 5. The van der Waals surface area contributed by atoms with E-state index in [4.69, 9.17) is 14.2 Å². The number of methoxy groups -OCH3 is 1. The Kier molecular flexibility index (Phi) is 6.00. The molecule has 25 heavy (non-hydrogen) atoms. The van der Waals surface area contributed by atoms with Crippen LogP contribution < -0.4 is 14.8 Å². The van der Waals surface area contributed by atoms with E-state index in [9.17, 15) is 9.59 Å². The van der Waals surface area contributed by atoms with Crippen molar-refractivity contribution in [3.63, 3.8) is 0 Å². The van der Waals surface area contributed by atoms with Crippen LogP contribution in [0, 0.1) is 0 Å². The van der Waals surface area contributed by atoms with E-state index in [1.54, 1.807) is 49.5 Å². The van der Waals surface area contributed by atoms with E-state index >= 15 is 0 Å². The molecule has 2 aromatic carbocycles. The average Bonchev–Trinajstić information content (AvgIpc) is 2.60. The first kappa shape index (κ1) is 18.3. The predicted molar refractivity (Wildman–Crippen MR) is 93.5 cm³/mol. The Morgan fingerprint density at radius 3 is 2.12 bits per heavy atom. The SMILES string of the molecule is CNC(=O)c1ccc(Oc2cc(OC(C)C)cc(C(=O)OC)c2)cc1. The molecule has 6 heteroatoms. The van der Waals surface area contributed by atoms with E-state index in [-0.39, 0.29) is 12.0 Å². The zero-order chi connectivity index (χ0) is 18.4. The monoisotopic (exact) mass is 343 g/mol. The van der Waals surface area contributed by atoms with E-state index in [1.165, 1.54) is 7.11 Å². The number of hydrogen-bond donors (Lipinski definition) is 1. The van der Waals surface area contributed by atoms with Gasteiger partial charge in [0.15, 0.2) is 0 Å². The largest absolute Gasteiger partial charge is 0.491 e. The molecule has 0 aliphatic rings. The van der Waals surface area contributed by atoms with Crippen molar-refractivity contribution in [2.45, 2.75) is 20.0 Å². The number of rotatable bonds is 6. The van der Waals surface area contributed by atoms with Crippen LogP contribution in [0.2, 0.25) is 0 Å². The Labute approximate surface area is 146 Å². The number of esters is 1. The van der Waals surface area contributed by atoms with Crippen LogP contribution >= 0.6 is 0 Å². The third kappa shape index (κ3) is 4.97. The van der Waals surface area contributed by atoms with Crippen molar-refractivity contribution in [1.29, 1.82) is 0 Å². The highest BCUT2D eigenvalue weighted by Gasteiger charge is 2.12. The van der Waals surface area contributed by atoms with E-state index in [2.05, 4.69) is 5.32 Å². The highest BCUT2D eigenvalue weighted by Crippen LogP contribution is 2.28. The van der Waals surface area contributed by atoms with Crippen molar-refractivity contribution in [2.24, 2.45) is 0 Å². The van der Waals surface area contributed by atoms with Crippen LogP contribution in [-0.2, 0) is 4.74 Å². The summed E-state index contributed by atoms with van der Waals surface area (Å²) in [5.74, 6) is 0.826. The summed E-state index contributed by atoms with van der Waals surface area (Å²) in [6.45, 7) is 3.78. The Morgan fingerprint density at radius 2 is 1.56 bits per heavy atom. The summed E-state index contributed by atoms with van der Waals surface area (Å²) in [5.41, 5.74) is 0.861. The molecule has 1 amide bonds. The summed E-state index contributed by atoms with van der Waals surface area (Å²) in [4.78, 5) is 23.4. The minimum absolute atomic E-state index is 0.0485.